The number of hydrogen-bond acceptors (Lipinski definition) is 14. The molecule has 0 aliphatic carbocycles. The molecule has 1 fully saturated rings. The molecule has 4 heterocycles. The van der Waals surface area contributed by atoms with Crippen molar-refractivity contribution in [2.75, 3.05) is 32.3 Å². The van der Waals surface area contributed by atoms with Crippen LogP contribution in [-0.4, -0.2) is 93.2 Å². The van der Waals surface area contributed by atoms with Crippen molar-refractivity contribution in [3.05, 3.63) is 185 Å². The van der Waals surface area contributed by atoms with Crippen molar-refractivity contribution >= 4 is 93.4 Å². The zero-order valence-corrected chi connectivity index (χ0v) is 39.9. The van der Waals surface area contributed by atoms with E-state index in [0.717, 1.165) is 28.5 Å². The molecular weight excluding hydrogens is 998 g/mol. The Labute approximate surface area is 404 Å². The molecule has 2 aliphatic rings. The molecule has 0 saturated carbocycles. The zero-order chi connectivity index (χ0) is 44.6. The first-order valence-corrected chi connectivity index (χ1v) is 22.7. The Balaban J connectivity index is 0.00000630. The van der Waals surface area contributed by atoms with Crippen LogP contribution in [0.3, 0.4) is 0 Å². The van der Waals surface area contributed by atoms with Crippen molar-refractivity contribution in [2.45, 2.75) is 27.4 Å². The lowest BCUT2D eigenvalue weighted by molar-refractivity contribution is -0.155. The lowest BCUT2D eigenvalue weighted by Crippen LogP contribution is -2.70. The number of esters is 1. The molecule has 6 aromatic rings. The zero-order valence-electron chi connectivity index (χ0n) is 35.1. The molecule has 0 radical (unpaired) electrons. The molecule has 2 N–H and O–H groups in total. The van der Waals surface area contributed by atoms with Crippen molar-refractivity contribution in [3.63, 3.8) is 0 Å². The Bertz CT molecular complexity index is 2580. The van der Waals surface area contributed by atoms with Gasteiger partial charge in [0.1, 0.15) is 41.2 Å². The predicted octanol–water partition coefficient (Wildman–Crippen LogP) is 7.59. The quantitative estimate of drug-likeness (QED) is 0.0143. The number of aromatic nitrogens is 2. The Kier molecular flexibility index (Phi) is 15.2. The number of nitrogens with one attached hydrogen (secondary N) is 2. The standard InChI is InChI=1S/C47H41N7O7S3.HI/c1-53(41(56)30-19-21-34(59-2)22-20-30)46(64-35-23-26-48-27-24-35)61-44(58)37-25-28-62-43-39(42(57)54(37)43)50-40(55)38(52-60-3)36-29-63-45(49-36)51-47(31-13-7-4-8-14-31,32-15-9-5-10-16-32)33-17-11-6-12-18-33;/h4-27,29,39,43,46H,28H2,1-3H3,(H,49,51)(H,50,55);1H/b52-38-;/t39?,43-,46?;/m0./s1. The molecule has 18 heteroatoms. The smallest absolute Gasteiger partial charge is 0.357 e. The van der Waals surface area contributed by atoms with E-state index < -0.39 is 46.2 Å². The van der Waals surface area contributed by atoms with E-state index in [1.807, 2.05) is 54.6 Å². The normalized spacial score (nSPS) is 16.0. The molecule has 3 amide bonds. The number of rotatable bonds is 16. The third kappa shape index (κ3) is 9.90. The third-order valence-electron chi connectivity index (χ3n) is 10.5. The topological polar surface area (TPSA) is 165 Å². The van der Waals surface area contributed by atoms with Crippen LogP contribution in [-0.2, 0) is 29.5 Å². The van der Waals surface area contributed by atoms with Crippen LogP contribution in [0.15, 0.2) is 167 Å². The summed E-state index contributed by atoms with van der Waals surface area (Å²) < 4.78 is 11.2. The van der Waals surface area contributed by atoms with E-state index in [1.165, 1.54) is 54.2 Å². The summed E-state index contributed by atoms with van der Waals surface area (Å²) in [5.41, 5.74) is 1.36. The number of halogens is 1. The van der Waals surface area contributed by atoms with Gasteiger partial charge in [-0.1, -0.05) is 108 Å². The maximum atomic E-state index is 14.0. The Morgan fingerprint density at radius 3 is 2.05 bits per heavy atom. The molecule has 0 spiro atoms. The average Bonchev–Trinajstić information content (AvgIpc) is 3.82. The first-order valence-electron chi connectivity index (χ1n) is 19.9. The van der Waals surface area contributed by atoms with Gasteiger partial charge in [0.05, 0.1) is 7.11 Å². The van der Waals surface area contributed by atoms with Gasteiger partial charge < -0.3 is 24.9 Å². The van der Waals surface area contributed by atoms with Gasteiger partial charge in [-0.05, 0) is 59.2 Å². The fourth-order valence-corrected chi connectivity index (χ4v) is 10.2. The van der Waals surface area contributed by atoms with E-state index in [-0.39, 0.29) is 41.1 Å². The molecule has 332 valence electrons. The number of hydrogen-bond donors (Lipinski definition) is 2. The van der Waals surface area contributed by atoms with Gasteiger partial charge in [0, 0.05) is 41.0 Å². The Morgan fingerprint density at radius 1 is 0.877 bits per heavy atom. The molecule has 2 aliphatic heterocycles. The molecule has 2 aromatic heterocycles. The number of thioether (sulfide) groups is 2. The van der Waals surface area contributed by atoms with Crippen molar-refractivity contribution in [1.29, 1.82) is 0 Å². The van der Waals surface area contributed by atoms with Gasteiger partial charge in [-0.3, -0.25) is 29.2 Å². The summed E-state index contributed by atoms with van der Waals surface area (Å²) in [6.45, 7) is 0. The minimum Gasteiger partial charge on any atom is -0.497 e. The number of benzene rings is 4. The van der Waals surface area contributed by atoms with Gasteiger partial charge in [-0.25, -0.2) is 9.78 Å². The lowest BCUT2D eigenvalue weighted by atomic mass is 9.77. The summed E-state index contributed by atoms with van der Waals surface area (Å²) in [5, 5.41) is 12.1. The number of methoxy groups -OCH3 is 1. The van der Waals surface area contributed by atoms with Gasteiger partial charge in [0.2, 0.25) is 5.56 Å². The van der Waals surface area contributed by atoms with E-state index in [1.54, 1.807) is 60.2 Å². The van der Waals surface area contributed by atoms with Crippen LogP contribution in [0.5, 0.6) is 5.75 Å². The maximum absolute atomic E-state index is 14.0. The maximum Gasteiger partial charge on any atom is 0.357 e. The first kappa shape index (κ1) is 46.8. The van der Waals surface area contributed by atoms with Gasteiger partial charge in [0.15, 0.2) is 10.8 Å². The van der Waals surface area contributed by atoms with Crippen LogP contribution < -0.4 is 15.4 Å². The summed E-state index contributed by atoms with van der Waals surface area (Å²) in [7, 11) is 4.38. The highest BCUT2D eigenvalue weighted by molar-refractivity contribution is 14.0. The van der Waals surface area contributed by atoms with Gasteiger partial charge in [0.25, 0.3) is 17.7 Å². The van der Waals surface area contributed by atoms with Crippen LogP contribution in [0.25, 0.3) is 0 Å². The molecule has 0 bridgehead atoms. The second-order valence-corrected chi connectivity index (χ2v) is 17.4. The highest BCUT2D eigenvalue weighted by Crippen LogP contribution is 2.42. The van der Waals surface area contributed by atoms with Crippen LogP contribution >= 0.6 is 58.8 Å². The number of pyridine rings is 1. The minimum absolute atomic E-state index is 0. The highest BCUT2D eigenvalue weighted by atomic mass is 127. The van der Waals surface area contributed by atoms with Gasteiger partial charge in [-0.2, -0.15) is 0 Å². The van der Waals surface area contributed by atoms with Crippen LogP contribution in [0.1, 0.15) is 32.7 Å². The van der Waals surface area contributed by atoms with E-state index in [2.05, 4.69) is 57.2 Å². The number of nitrogens with zero attached hydrogens (tertiary/aromatic N) is 5. The summed E-state index contributed by atoms with van der Waals surface area (Å²) in [4.78, 5) is 72.8. The number of β-lactam (4-membered cyclic amide) rings is 1. The summed E-state index contributed by atoms with van der Waals surface area (Å²) in [6.07, 6.45) is 4.78. The molecule has 8 rings (SSSR count). The first-order chi connectivity index (χ1) is 31.2. The molecule has 3 atom stereocenters. The highest BCUT2D eigenvalue weighted by Gasteiger charge is 2.53. The van der Waals surface area contributed by atoms with Crippen LogP contribution in [0, 0.1) is 0 Å². The summed E-state index contributed by atoms with van der Waals surface area (Å²) >= 11 is 3.79. The lowest BCUT2D eigenvalue weighted by Gasteiger charge is -2.48. The Morgan fingerprint density at radius 2 is 1.48 bits per heavy atom. The van der Waals surface area contributed by atoms with Crippen molar-refractivity contribution in [1.82, 2.24) is 25.1 Å². The number of ether oxygens (including phenoxy) is 2. The fraction of sp³-hybridized carbons (Fsp3) is 0.170. The minimum atomic E-state index is -1.13. The monoisotopic (exact) mass is 1040 g/mol. The third-order valence-corrected chi connectivity index (χ3v) is 13.6. The average molecular weight is 1040 g/mol. The second kappa shape index (κ2) is 21.2. The molecule has 1 saturated heterocycles. The number of oxime groups is 1. The van der Waals surface area contributed by atoms with Crippen molar-refractivity contribution < 1.29 is 33.5 Å². The summed E-state index contributed by atoms with van der Waals surface area (Å²) in [6, 6.07) is 39.2. The molecular formula is C47H42IN7O7S3. The van der Waals surface area contributed by atoms with Crippen LogP contribution in [0.4, 0.5) is 5.13 Å². The predicted molar refractivity (Wildman–Crippen MR) is 262 cm³/mol. The SMILES string of the molecule is CO/N=C(\C(=O)NC1C(=O)N2C(C(=O)OC(Sc3ccncc3)N(C)C(=O)c3ccc(OC)cc3)=CCS[C@@H]12)c1csc(NC(c2ccccc2)(c2ccccc2)c2ccccc2)n1.I. The number of amides is 3. The van der Waals surface area contributed by atoms with Crippen molar-refractivity contribution in [2.24, 2.45) is 5.16 Å². The number of carbonyl (C=O) groups excluding carboxylic acids is 4. The summed E-state index contributed by atoms with van der Waals surface area (Å²) in [5.74, 6) is -1.50. The van der Waals surface area contributed by atoms with E-state index in [4.69, 9.17) is 19.3 Å². The molecule has 4 aromatic carbocycles. The molecule has 65 heavy (non-hydrogen) atoms. The van der Waals surface area contributed by atoms with Crippen molar-refractivity contribution in [3.8, 4) is 5.75 Å². The number of anilines is 1. The molecule has 14 nitrogen and oxygen atoms in total. The number of thiazole rings is 1. The number of fused-ring (bicyclic) bond motifs is 1. The van der Waals surface area contributed by atoms with E-state index >= 15 is 0 Å². The van der Waals surface area contributed by atoms with Gasteiger partial charge in [-0.15, -0.1) is 47.1 Å². The Hall–Kier alpha value is -6.22. The second-order valence-electron chi connectivity index (χ2n) is 14.3. The van der Waals surface area contributed by atoms with Gasteiger partial charge >= 0.3 is 5.97 Å². The largest absolute Gasteiger partial charge is 0.497 e. The van der Waals surface area contributed by atoms with E-state index in [0.29, 0.717) is 27.1 Å². The van der Waals surface area contributed by atoms with E-state index in [9.17, 15) is 19.2 Å². The van der Waals surface area contributed by atoms with Crippen LogP contribution in [0.2, 0.25) is 0 Å². The number of carbonyl (C=O) groups is 4. The fourth-order valence-electron chi connectivity index (χ4n) is 7.32. The molecule has 2 unspecified atom stereocenters.